The molecule has 6 heteroatoms. The number of benzene rings is 1. The highest BCUT2D eigenvalue weighted by Gasteiger charge is 2.06. The van der Waals surface area contributed by atoms with Crippen molar-refractivity contribution in [1.29, 1.82) is 0 Å². The van der Waals surface area contributed by atoms with Gasteiger partial charge in [0.2, 0.25) is 11.8 Å². The molecule has 0 aliphatic rings. The Balaban J connectivity index is 2.50. The Morgan fingerprint density at radius 2 is 1.85 bits per heavy atom. The topological polar surface area (TPSA) is 49.4 Å². The molecule has 0 spiro atoms. The van der Waals surface area contributed by atoms with Crippen LogP contribution in [0.4, 0.5) is 8.78 Å². The Hall–Kier alpha value is -2.24. The number of rotatable bonds is 5. The molecular weight excluding hydrogens is 266 g/mol. The zero-order valence-corrected chi connectivity index (χ0v) is 11.3. The van der Waals surface area contributed by atoms with Crippen molar-refractivity contribution in [2.75, 3.05) is 20.6 Å². The van der Waals surface area contributed by atoms with Crippen LogP contribution in [0.3, 0.4) is 0 Å². The van der Waals surface area contributed by atoms with Crippen LogP contribution in [0.2, 0.25) is 0 Å². The Morgan fingerprint density at radius 1 is 1.25 bits per heavy atom. The average molecular weight is 282 g/mol. The maximum absolute atomic E-state index is 13.3. The third-order valence-electron chi connectivity index (χ3n) is 2.54. The van der Waals surface area contributed by atoms with Gasteiger partial charge in [-0.15, -0.1) is 0 Å². The van der Waals surface area contributed by atoms with Crippen LogP contribution in [0, 0.1) is 11.6 Å². The molecule has 0 aromatic heterocycles. The van der Waals surface area contributed by atoms with Gasteiger partial charge in [0, 0.05) is 38.7 Å². The van der Waals surface area contributed by atoms with Gasteiger partial charge < -0.3 is 10.2 Å². The van der Waals surface area contributed by atoms with E-state index in [-0.39, 0.29) is 24.4 Å². The number of hydrogen-bond acceptors (Lipinski definition) is 2. The normalized spacial score (nSPS) is 10.6. The zero-order chi connectivity index (χ0) is 15.1. The molecule has 1 rings (SSSR count). The second-order valence-corrected chi connectivity index (χ2v) is 4.30. The number of carbonyl (C=O) groups is 2. The summed E-state index contributed by atoms with van der Waals surface area (Å²) < 4.78 is 26.5. The van der Waals surface area contributed by atoms with Crippen LogP contribution in [-0.4, -0.2) is 37.4 Å². The van der Waals surface area contributed by atoms with E-state index in [4.69, 9.17) is 0 Å². The summed E-state index contributed by atoms with van der Waals surface area (Å²) in [7, 11) is 3.23. The molecule has 2 amide bonds. The van der Waals surface area contributed by atoms with Gasteiger partial charge in [-0.25, -0.2) is 8.78 Å². The van der Waals surface area contributed by atoms with E-state index in [1.54, 1.807) is 14.1 Å². The molecule has 20 heavy (non-hydrogen) atoms. The van der Waals surface area contributed by atoms with Gasteiger partial charge in [0.15, 0.2) is 0 Å². The first-order valence-electron chi connectivity index (χ1n) is 6.02. The van der Waals surface area contributed by atoms with Crippen LogP contribution < -0.4 is 5.32 Å². The predicted molar refractivity (Wildman–Crippen MR) is 71.7 cm³/mol. The first-order chi connectivity index (χ1) is 9.41. The Morgan fingerprint density at radius 3 is 2.40 bits per heavy atom. The lowest BCUT2D eigenvalue weighted by molar-refractivity contribution is -0.128. The molecule has 4 nitrogen and oxygen atoms in total. The van der Waals surface area contributed by atoms with Crippen molar-refractivity contribution in [3.05, 3.63) is 41.5 Å². The van der Waals surface area contributed by atoms with Gasteiger partial charge in [0.1, 0.15) is 11.6 Å². The summed E-state index contributed by atoms with van der Waals surface area (Å²) in [6.07, 6.45) is 2.26. The fourth-order valence-electron chi connectivity index (χ4n) is 1.40. The molecule has 1 aromatic rings. The summed E-state index contributed by atoms with van der Waals surface area (Å²) >= 11 is 0. The molecule has 108 valence electrons. The first-order valence-corrected chi connectivity index (χ1v) is 6.02. The molecule has 0 saturated carbocycles. The number of halogens is 2. The first kappa shape index (κ1) is 15.8. The van der Waals surface area contributed by atoms with Gasteiger partial charge in [0.05, 0.1) is 0 Å². The largest absolute Gasteiger partial charge is 0.352 e. The maximum atomic E-state index is 13.3. The molecule has 1 aromatic carbocycles. The lowest BCUT2D eigenvalue weighted by atomic mass is 10.2. The monoisotopic (exact) mass is 282 g/mol. The van der Waals surface area contributed by atoms with Gasteiger partial charge in [-0.05, 0) is 18.2 Å². The van der Waals surface area contributed by atoms with E-state index in [1.807, 2.05) is 0 Å². The molecule has 1 N–H and O–H groups in total. The van der Waals surface area contributed by atoms with Crippen molar-refractivity contribution in [2.45, 2.75) is 6.42 Å². The molecule has 0 unspecified atom stereocenters. The predicted octanol–water partition coefficient (Wildman–Crippen LogP) is 1.57. The highest BCUT2D eigenvalue weighted by Crippen LogP contribution is 2.13. The summed E-state index contributed by atoms with van der Waals surface area (Å²) in [5.41, 5.74) is -0.271. The van der Waals surface area contributed by atoms with Crippen LogP contribution >= 0.6 is 0 Å². The van der Waals surface area contributed by atoms with E-state index in [2.05, 4.69) is 5.32 Å². The van der Waals surface area contributed by atoms with Crippen LogP contribution in [-0.2, 0) is 9.59 Å². The standard InChI is InChI=1S/C14H16F2N2O2/c1-18(2)14(20)8-9-17-13(19)7-6-10-11(15)4-3-5-12(10)16/h3-7H,8-9H2,1-2H3,(H,17,19). The van der Waals surface area contributed by atoms with Gasteiger partial charge in [-0.1, -0.05) is 6.07 Å². The third kappa shape index (κ3) is 4.79. The lowest BCUT2D eigenvalue weighted by Crippen LogP contribution is -2.29. The van der Waals surface area contributed by atoms with Gasteiger partial charge in [0.25, 0.3) is 0 Å². The minimum atomic E-state index is -0.739. The van der Waals surface area contributed by atoms with Gasteiger partial charge in [-0.2, -0.15) is 0 Å². The summed E-state index contributed by atoms with van der Waals surface area (Å²) in [6, 6.07) is 3.46. The average Bonchev–Trinajstić information content (AvgIpc) is 2.37. The van der Waals surface area contributed by atoms with Crippen LogP contribution in [0.15, 0.2) is 24.3 Å². The van der Waals surface area contributed by atoms with Crippen molar-refractivity contribution < 1.29 is 18.4 Å². The minimum Gasteiger partial charge on any atom is -0.352 e. The highest BCUT2D eigenvalue weighted by atomic mass is 19.1. The number of hydrogen-bond donors (Lipinski definition) is 1. The summed E-state index contributed by atoms with van der Waals surface area (Å²) in [5, 5.41) is 2.46. The van der Waals surface area contributed by atoms with E-state index in [1.165, 1.54) is 11.0 Å². The fraction of sp³-hybridized carbons (Fsp3) is 0.286. The third-order valence-corrected chi connectivity index (χ3v) is 2.54. The Bertz CT molecular complexity index is 508. The second kappa shape index (κ2) is 7.37. The molecule has 0 saturated heterocycles. The van der Waals surface area contributed by atoms with E-state index in [9.17, 15) is 18.4 Å². The summed E-state index contributed by atoms with van der Waals surface area (Å²) in [4.78, 5) is 24.1. The molecule has 0 atom stereocenters. The number of carbonyl (C=O) groups excluding carboxylic acids is 2. The molecule has 0 aliphatic heterocycles. The van der Waals surface area contributed by atoms with Gasteiger partial charge >= 0.3 is 0 Å². The molecular formula is C14H16F2N2O2. The Kier molecular flexibility index (Phi) is 5.83. The van der Waals surface area contributed by atoms with Crippen molar-refractivity contribution in [3.63, 3.8) is 0 Å². The quantitative estimate of drug-likeness (QED) is 0.833. The lowest BCUT2D eigenvalue weighted by Gasteiger charge is -2.09. The molecule has 0 radical (unpaired) electrons. The summed E-state index contributed by atoms with van der Waals surface area (Å²) in [6.45, 7) is 0.167. The zero-order valence-electron chi connectivity index (χ0n) is 11.3. The van der Waals surface area contributed by atoms with Crippen LogP contribution in [0.25, 0.3) is 6.08 Å². The van der Waals surface area contributed by atoms with Gasteiger partial charge in [-0.3, -0.25) is 9.59 Å². The molecule has 0 fully saturated rings. The smallest absolute Gasteiger partial charge is 0.244 e. The van der Waals surface area contributed by atoms with E-state index in [0.717, 1.165) is 24.3 Å². The maximum Gasteiger partial charge on any atom is 0.244 e. The van der Waals surface area contributed by atoms with Crippen LogP contribution in [0.5, 0.6) is 0 Å². The highest BCUT2D eigenvalue weighted by molar-refractivity contribution is 5.92. The second-order valence-electron chi connectivity index (χ2n) is 4.30. The molecule has 0 bridgehead atoms. The van der Waals surface area contributed by atoms with E-state index >= 15 is 0 Å². The van der Waals surface area contributed by atoms with Crippen molar-refractivity contribution in [3.8, 4) is 0 Å². The fourth-order valence-corrected chi connectivity index (χ4v) is 1.40. The summed E-state index contributed by atoms with van der Waals surface area (Å²) in [5.74, 6) is -2.11. The number of amides is 2. The molecule has 0 aliphatic carbocycles. The van der Waals surface area contributed by atoms with E-state index < -0.39 is 17.5 Å². The number of nitrogens with zero attached hydrogens (tertiary/aromatic N) is 1. The van der Waals surface area contributed by atoms with Crippen molar-refractivity contribution in [2.24, 2.45) is 0 Å². The Labute approximate surface area is 116 Å². The van der Waals surface area contributed by atoms with E-state index in [0.29, 0.717) is 0 Å². The van der Waals surface area contributed by atoms with Crippen LogP contribution in [0.1, 0.15) is 12.0 Å². The number of nitrogens with one attached hydrogen (secondary N) is 1. The van der Waals surface area contributed by atoms with Crippen molar-refractivity contribution >= 4 is 17.9 Å². The molecule has 0 heterocycles. The minimum absolute atomic E-state index is 0.116. The SMILES string of the molecule is CN(C)C(=O)CCNC(=O)C=Cc1c(F)cccc1F. The van der Waals surface area contributed by atoms with Crippen molar-refractivity contribution in [1.82, 2.24) is 10.2 Å².